The van der Waals surface area contributed by atoms with Crippen LogP contribution in [0.1, 0.15) is 21.5 Å². The molecular weight excluding hydrogens is 270 g/mol. The number of rotatable bonds is 3. The van der Waals surface area contributed by atoms with E-state index in [-0.39, 0.29) is 5.78 Å². The second-order valence-corrected chi connectivity index (χ2v) is 5.13. The summed E-state index contributed by atoms with van der Waals surface area (Å²) in [5, 5.41) is 0. The molecule has 0 aliphatic rings. The minimum atomic E-state index is 0.0433. The van der Waals surface area contributed by atoms with Gasteiger partial charge in [0.25, 0.3) is 0 Å². The lowest BCUT2D eigenvalue weighted by Gasteiger charge is -2.01. The SMILES string of the molecule is CN(C)C.O=C(c1ccccc1)c1ccc(CCl)cc1. The first kappa shape index (κ1) is 16.4. The fourth-order valence-electron chi connectivity index (χ4n) is 1.50. The Morgan fingerprint density at radius 1 is 0.900 bits per heavy atom. The first-order valence-electron chi connectivity index (χ1n) is 6.40. The van der Waals surface area contributed by atoms with E-state index in [0.717, 1.165) is 5.56 Å². The normalized spacial score (nSPS) is 9.85. The monoisotopic (exact) mass is 289 g/mol. The molecule has 0 saturated carbocycles. The van der Waals surface area contributed by atoms with Crippen molar-refractivity contribution in [2.75, 3.05) is 21.1 Å². The average molecular weight is 290 g/mol. The quantitative estimate of drug-likeness (QED) is 0.632. The minimum Gasteiger partial charge on any atom is -0.312 e. The van der Waals surface area contributed by atoms with Crippen molar-refractivity contribution in [1.29, 1.82) is 0 Å². The Labute approximate surface area is 126 Å². The molecule has 2 aromatic carbocycles. The zero-order valence-corrected chi connectivity index (χ0v) is 12.9. The Kier molecular flexibility index (Phi) is 6.99. The summed E-state index contributed by atoms with van der Waals surface area (Å²) in [6.07, 6.45) is 0. The van der Waals surface area contributed by atoms with Gasteiger partial charge in [-0.15, -0.1) is 11.6 Å². The van der Waals surface area contributed by atoms with Gasteiger partial charge >= 0.3 is 0 Å². The highest BCUT2D eigenvalue weighted by Crippen LogP contribution is 2.11. The number of benzene rings is 2. The van der Waals surface area contributed by atoms with Gasteiger partial charge in [0.2, 0.25) is 0 Å². The maximum atomic E-state index is 12.0. The van der Waals surface area contributed by atoms with Crippen molar-refractivity contribution in [3.8, 4) is 0 Å². The Hall–Kier alpha value is -1.64. The molecule has 2 rings (SSSR count). The van der Waals surface area contributed by atoms with Crippen molar-refractivity contribution in [2.45, 2.75) is 5.88 Å². The molecule has 0 atom stereocenters. The van der Waals surface area contributed by atoms with Crippen molar-refractivity contribution in [3.63, 3.8) is 0 Å². The summed E-state index contributed by atoms with van der Waals surface area (Å²) in [7, 11) is 6.00. The van der Waals surface area contributed by atoms with Crippen LogP contribution in [-0.4, -0.2) is 31.8 Å². The summed E-state index contributed by atoms with van der Waals surface area (Å²) in [4.78, 5) is 14.0. The molecule has 2 aromatic rings. The Balaban J connectivity index is 0.000000444. The number of alkyl halides is 1. The summed E-state index contributed by atoms with van der Waals surface area (Å²) in [5.74, 6) is 0.515. The maximum absolute atomic E-state index is 12.0. The molecule has 0 fully saturated rings. The second-order valence-electron chi connectivity index (χ2n) is 4.87. The van der Waals surface area contributed by atoms with Gasteiger partial charge in [0.1, 0.15) is 0 Å². The Morgan fingerprint density at radius 2 is 1.35 bits per heavy atom. The van der Waals surface area contributed by atoms with Gasteiger partial charge in [-0.1, -0.05) is 54.6 Å². The number of carbonyl (C=O) groups is 1. The maximum Gasteiger partial charge on any atom is 0.193 e. The molecule has 106 valence electrons. The van der Waals surface area contributed by atoms with Gasteiger partial charge in [-0.05, 0) is 26.7 Å². The molecule has 0 amide bonds. The van der Waals surface area contributed by atoms with E-state index in [1.54, 1.807) is 0 Å². The predicted molar refractivity (Wildman–Crippen MR) is 85.5 cm³/mol. The van der Waals surface area contributed by atoms with Gasteiger partial charge in [0.05, 0.1) is 0 Å². The zero-order valence-electron chi connectivity index (χ0n) is 12.1. The molecular formula is C17H20ClNO. The molecule has 0 aromatic heterocycles. The number of hydrogen-bond donors (Lipinski definition) is 0. The molecule has 0 radical (unpaired) electrons. The first-order valence-corrected chi connectivity index (χ1v) is 6.93. The van der Waals surface area contributed by atoms with E-state index in [1.165, 1.54) is 0 Å². The molecule has 2 nitrogen and oxygen atoms in total. The number of ketones is 1. The van der Waals surface area contributed by atoms with E-state index in [2.05, 4.69) is 0 Å². The summed E-state index contributed by atoms with van der Waals surface area (Å²) in [6, 6.07) is 16.6. The molecule has 20 heavy (non-hydrogen) atoms. The lowest BCUT2D eigenvalue weighted by molar-refractivity contribution is 0.103. The molecule has 0 aliphatic heterocycles. The smallest absolute Gasteiger partial charge is 0.193 e. The number of nitrogens with zero attached hydrogens (tertiary/aromatic N) is 1. The first-order chi connectivity index (χ1) is 9.54. The highest BCUT2D eigenvalue weighted by atomic mass is 35.5. The third-order valence-corrected chi connectivity index (χ3v) is 2.72. The van der Waals surface area contributed by atoms with Crippen molar-refractivity contribution in [3.05, 3.63) is 71.3 Å². The predicted octanol–water partition coefficient (Wildman–Crippen LogP) is 3.83. The minimum absolute atomic E-state index is 0.0433. The summed E-state index contributed by atoms with van der Waals surface area (Å²) >= 11 is 5.69. The molecule has 0 unspecified atom stereocenters. The van der Waals surface area contributed by atoms with Crippen LogP contribution >= 0.6 is 11.6 Å². The van der Waals surface area contributed by atoms with Gasteiger partial charge < -0.3 is 4.90 Å². The Bertz CT molecular complexity index is 518. The molecule has 0 spiro atoms. The van der Waals surface area contributed by atoms with E-state index < -0.39 is 0 Å². The molecule has 0 saturated heterocycles. The third kappa shape index (κ3) is 5.55. The fraction of sp³-hybridized carbons (Fsp3) is 0.235. The highest BCUT2D eigenvalue weighted by Gasteiger charge is 2.07. The second kappa shape index (κ2) is 8.51. The lowest BCUT2D eigenvalue weighted by Crippen LogP contribution is -2.00. The lowest BCUT2D eigenvalue weighted by atomic mass is 10.0. The van der Waals surface area contributed by atoms with Gasteiger partial charge in [-0.25, -0.2) is 0 Å². The topological polar surface area (TPSA) is 20.3 Å². The summed E-state index contributed by atoms with van der Waals surface area (Å²) in [5.41, 5.74) is 2.42. The van der Waals surface area contributed by atoms with Crippen LogP contribution in [0.5, 0.6) is 0 Å². The van der Waals surface area contributed by atoms with Crippen LogP contribution in [-0.2, 0) is 5.88 Å². The van der Waals surface area contributed by atoms with Crippen LogP contribution in [0.3, 0.4) is 0 Å². The van der Waals surface area contributed by atoms with Crippen LogP contribution < -0.4 is 0 Å². The summed E-state index contributed by atoms with van der Waals surface area (Å²) < 4.78 is 0. The van der Waals surface area contributed by atoms with E-state index in [9.17, 15) is 4.79 Å². The number of halogens is 1. The van der Waals surface area contributed by atoms with Crippen LogP contribution in [0.15, 0.2) is 54.6 Å². The zero-order chi connectivity index (χ0) is 15.0. The highest BCUT2D eigenvalue weighted by molar-refractivity contribution is 6.17. The van der Waals surface area contributed by atoms with Crippen molar-refractivity contribution in [1.82, 2.24) is 4.90 Å². The van der Waals surface area contributed by atoms with Gasteiger partial charge in [-0.3, -0.25) is 4.79 Å². The molecule has 0 N–H and O–H groups in total. The van der Waals surface area contributed by atoms with Gasteiger partial charge in [-0.2, -0.15) is 0 Å². The standard InChI is InChI=1S/C14H11ClO.C3H9N/c15-10-11-6-8-13(9-7-11)14(16)12-4-2-1-3-5-12;1-4(2)3/h1-9H,10H2;1-3H3. The molecule has 0 heterocycles. The number of carbonyl (C=O) groups excluding carboxylic acids is 1. The van der Waals surface area contributed by atoms with E-state index in [0.29, 0.717) is 17.0 Å². The van der Waals surface area contributed by atoms with E-state index >= 15 is 0 Å². The van der Waals surface area contributed by atoms with Crippen molar-refractivity contribution in [2.24, 2.45) is 0 Å². The van der Waals surface area contributed by atoms with Crippen LogP contribution in [0.25, 0.3) is 0 Å². The van der Waals surface area contributed by atoms with Crippen LogP contribution in [0.2, 0.25) is 0 Å². The Morgan fingerprint density at radius 3 is 1.80 bits per heavy atom. The molecule has 0 bridgehead atoms. The largest absolute Gasteiger partial charge is 0.312 e. The van der Waals surface area contributed by atoms with Crippen molar-refractivity contribution >= 4 is 17.4 Å². The third-order valence-electron chi connectivity index (χ3n) is 2.41. The average Bonchev–Trinajstić information content (AvgIpc) is 2.47. The van der Waals surface area contributed by atoms with E-state index in [4.69, 9.17) is 11.6 Å². The van der Waals surface area contributed by atoms with Crippen molar-refractivity contribution < 1.29 is 4.79 Å². The summed E-state index contributed by atoms with van der Waals surface area (Å²) in [6.45, 7) is 0. The van der Waals surface area contributed by atoms with Gasteiger partial charge in [0.15, 0.2) is 5.78 Å². The fourth-order valence-corrected chi connectivity index (χ4v) is 1.68. The molecule has 0 aliphatic carbocycles. The van der Waals surface area contributed by atoms with Gasteiger partial charge in [0, 0.05) is 17.0 Å². The van der Waals surface area contributed by atoms with Crippen LogP contribution in [0.4, 0.5) is 0 Å². The van der Waals surface area contributed by atoms with Crippen LogP contribution in [0, 0.1) is 0 Å². The van der Waals surface area contributed by atoms with E-state index in [1.807, 2.05) is 80.6 Å². The molecule has 3 heteroatoms. The number of hydrogen-bond acceptors (Lipinski definition) is 2.